The van der Waals surface area contributed by atoms with E-state index in [4.69, 9.17) is 10.3 Å². The van der Waals surface area contributed by atoms with Gasteiger partial charge in [0, 0.05) is 16.9 Å². The molecule has 0 aliphatic carbocycles. The third-order valence-electron chi connectivity index (χ3n) is 6.20. The summed E-state index contributed by atoms with van der Waals surface area (Å²) in [7, 11) is -2.60. The minimum Gasteiger partial charge on any atom is -0.406 e. The van der Waals surface area contributed by atoms with Crippen molar-refractivity contribution in [3.8, 4) is 0 Å². The van der Waals surface area contributed by atoms with Crippen LogP contribution in [0.1, 0.15) is 39.5 Å². The summed E-state index contributed by atoms with van der Waals surface area (Å²) < 4.78 is 7.21. The highest BCUT2D eigenvalue weighted by Gasteiger charge is 2.50. The summed E-state index contributed by atoms with van der Waals surface area (Å²) in [5.41, 5.74) is 2.47. The maximum atomic E-state index is 7.21. The number of hydrazine groups is 1. The van der Waals surface area contributed by atoms with Crippen LogP contribution in [0.3, 0.4) is 0 Å². The minimum absolute atomic E-state index is 0.0614. The van der Waals surface area contributed by atoms with Crippen molar-refractivity contribution in [3.05, 3.63) is 77.9 Å². The Kier molecular flexibility index (Phi) is 6.42. The number of fused-ring (bicyclic) bond motifs is 1. The summed E-state index contributed by atoms with van der Waals surface area (Å²) in [4.78, 5) is 10.8. The fraction of sp³-hybridized carbons (Fsp3) is 0.308. The lowest BCUT2D eigenvalue weighted by Crippen LogP contribution is -2.67. The fourth-order valence-electron chi connectivity index (χ4n) is 4.43. The molecule has 0 atom stereocenters. The highest BCUT2D eigenvalue weighted by atomic mass is 32.1. The van der Waals surface area contributed by atoms with E-state index in [1.165, 1.54) is 15.3 Å². The molecule has 33 heavy (non-hydrogen) atoms. The van der Waals surface area contributed by atoms with Gasteiger partial charge in [0.25, 0.3) is 8.32 Å². The van der Waals surface area contributed by atoms with Crippen LogP contribution >= 0.6 is 11.3 Å². The van der Waals surface area contributed by atoms with Crippen molar-refractivity contribution in [1.29, 1.82) is 0 Å². The van der Waals surface area contributed by atoms with Crippen LogP contribution in [0.5, 0.6) is 0 Å². The Morgan fingerprint density at radius 2 is 1.48 bits per heavy atom. The molecule has 5 nitrogen and oxygen atoms in total. The lowest BCUT2D eigenvalue weighted by Gasteiger charge is -2.44. The van der Waals surface area contributed by atoms with E-state index in [0.717, 1.165) is 10.2 Å². The number of rotatable bonds is 7. The summed E-state index contributed by atoms with van der Waals surface area (Å²) in [5, 5.41) is 3.46. The molecule has 0 radical (unpaired) electrons. The van der Waals surface area contributed by atoms with Gasteiger partial charge in [-0.15, -0.1) is 11.3 Å². The Hall–Kier alpha value is -2.58. The number of hydrogen-bond acceptors (Lipinski definition) is 6. The number of aromatic nitrogens is 2. The predicted molar refractivity (Wildman–Crippen MR) is 142 cm³/mol. The molecule has 0 spiro atoms. The summed E-state index contributed by atoms with van der Waals surface area (Å²) in [6.45, 7) is 12.0. The van der Waals surface area contributed by atoms with Crippen LogP contribution in [0.2, 0.25) is 5.04 Å². The van der Waals surface area contributed by atoms with Crippen LogP contribution in [-0.4, -0.2) is 24.9 Å². The van der Waals surface area contributed by atoms with Crippen LogP contribution in [0.25, 0.3) is 10.2 Å². The van der Waals surface area contributed by atoms with Crippen LogP contribution in [-0.2, 0) is 9.84 Å². The summed E-state index contributed by atoms with van der Waals surface area (Å²) in [6, 6.07) is 23.7. The number of hydrogen-bond donors (Lipinski definition) is 2. The maximum absolute atomic E-state index is 7.21. The summed E-state index contributed by atoms with van der Waals surface area (Å²) in [5.74, 6) is 6.32. The van der Waals surface area contributed by atoms with Gasteiger partial charge in [-0.05, 0) is 21.5 Å². The Morgan fingerprint density at radius 1 is 0.909 bits per heavy atom. The molecule has 0 aliphatic rings. The Labute approximate surface area is 201 Å². The molecule has 7 heteroatoms. The lowest BCUT2D eigenvalue weighted by atomic mass is 9.93. The number of nitrogen functional groups attached to an aromatic ring is 1. The van der Waals surface area contributed by atoms with Crippen LogP contribution < -0.4 is 21.6 Å². The zero-order valence-corrected chi connectivity index (χ0v) is 21.7. The average Bonchev–Trinajstić information content (AvgIpc) is 3.26. The molecule has 2 aromatic heterocycles. The monoisotopic (exact) mass is 476 g/mol. The SMILES string of the molecule is CC(C)(CO[Si](c1ccccc1)(c1ccccc1)C(C)(C)C)c1cc2c(NN)ncnc2s1. The number of nitrogens with zero attached hydrogens (tertiary/aromatic N) is 2. The van der Waals surface area contributed by atoms with Gasteiger partial charge in [0.1, 0.15) is 11.2 Å². The van der Waals surface area contributed by atoms with Gasteiger partial charge in [-0.3, -0.25) is 0 Å². The standard InChI is InChI=1S/C26H32N4OSSi/c1-25(2,3)33(19-12-8-6-9-13-19,20-14-10-7-11-15-20)31-17-26(4,5)22-16-21-23(30-27)28-18-29-24(21)32-22/h6-16,18H,17,27H2,1-5H3,(H,28,29,30). The number of nitrogens with one attached hydrogen (secondary N) is 1. The zero-order chi connectivity index (χ0) is 23.7. The summed E-state index contributed by atoms with van der Waals surface area (Å²) in [6.07, 6.45) is 1.55. The average molecular weight is 477 g/mol. The highest BCUT2D eigenvalue weighted by molar-refractivity contribution is 7.18. The highest BCUT2D eigenvalue weighted by Crippen LogP contribution is 2.40. The molecule has 0 aliphatic heterocycles. The second kappa shape index (κ2) is 8.99. The van der Waals surface area contributed by atoms with Gasteiger partial charge < -0.3 is 9.85 Å². The fourth-order valence-corrected chi connectivity index (χ4v) is 10.2. The maximum Gasteiger partial charge on any atom is 0.261 e. The van der Waals surface area contributed by atoms with Gasteiger partial charge in [0.15, 0.2) is 5.82 Å². The van der Waals surface area contributed by atoms with Gasteiger partial charge in [0.05, 0.1) is 5.39 Å². The molecule has 0 saturated heterocycles. The van der Waals surface area contributed by atoms with Crippen molar-refractivity contribution >= 4 is 46.1 Å². The number of thiophene rings is 1. The number of anilines is 1. The quantitative estimate of drug-likeness (QED) is 0.227. The second-order valence-corrected chi connectivity index (χ2v) is 15.4. The molecule has 4 rings (SSSR count). The van der Waals surface area contributed by atoms with Crippen LogP contribution in [0, 0.1) is 0 Å². The molecule has 2 heterocycles. The first kappa shape index (κ1) is 23.6. The molecule has 4 aromatic rings. The smallest absolute Gasteiger partial charge is 0.261 e. The van der Waals surface area contributed by atoms with E-state index in [-0.39, 0.29) is 10.5 Å². The molecule has 0 amide bonds. The van der Waals surface area contributed by atoms with Crippen LogP contribution in [0.15, 0.2) is 73.1 Å². The van der Waals surface area contributed by atoms with Crippen LogP contribution in [0.4, 0.5) is 5.82 Å². The van der Waals surface area contributed by atoms with Crippen molar-refractivity contribution in [2.45, 2.75) is 45.1 Å². The Bertz CT molecular complexity index is 1180. The van der Waals surface area contributed by atoms with E-state index in [1.807, 2.05) is 0 Å². The normalized spacial score (nSPS) is 12.8. The summed E-state index contributed by atoms with van der Waals surface area (Å²) >= 11 is 1.67. The van der Waals surface area contributed by atoms with Gasteiger partial charge in [-0.25, -0.2) is 15.8 Å². The first-order valence-electron chi connectivity index (χ1n) is 11.2. The lowest BCUT2D eigenvalue weighted by molar-refractivity contribution is 0.229. The zero-order valence-electron chi connectivity index (χ0n) is 19.9. The molecule has 172 valence electrons. The predicted octanol–water partition coefficient (Wildman–Crippen LogP) is 4.83. The molecule has 3 N–H and O–H groups in total. The molecule has 2 aromatic carbocycles. The van der Waals surface area contributed by atoms with Gasteiger partial charge in [0.2, 0.25) is 0 Å². The van der Waals surface area contributed by atoms with Gasteiger partial charge >= 0.3 is 0 Å². The molecule has 0 saturated carbocycles. The minimum atomic E-state index is -2.60. The first-order chi connectivity index (χ1) is 15.7. The third kappa shape index (κ3) is 4.34. The second-order valence-electron chi connectivity index (χ2n) is 10.0. The van der Waals surface area contributed by atoms with E-state index in [0.29, 0.717) is 12.4 Å². The van der Waals surface area contributed by atoms with Crippen molar-refractivity contribution < 1.29 is 4.43 Å². The van der Waals surface area contributed by atoms with E-state index >= 15 is 0 Å². The molecule has 0 unspecified atom stereocenters. The first-order valence-corrected chi connectivity index (χ1v) is 13.9. The molecular weight excluding hydrogens is 444 g/mol. The van der Waals surface area contributed by atoms with E-state index < -0.39 is 8.32 Å². The van der Waals surface area contributed by atoms with E-state index in [9.17, 15) is 0 Å². The van der Waals surface area contributed by atoms with Gasteiger partial charge in [-0.1, -0.05) is 95.3 Å². The van der Waals surface area contributed by atoms with E-state index in [1.54, 1.807) is 17.7 Å². The Morgan fingerprint density at radius 3 is 2.00 bits per heavy atom. The number of nitrogens with two attached hydrogens (primary N) is 1. The topological polar surface area (TPSA) is 73.1 Å². The number of benzene rings is 2. The third-order valence-corrected chi connectivity index (χ3v) is 12.6. The van der Waals surface area contributed by atoms with Crippen molar-refractivity contribution in [1.82, 2.24) is 9.97 Å². The molecule has 0 fully saturated rings. The Balaban J connectivity index is 1.77. The van der Waals surface area contributed by atoms with Crippen molar-refractivity contribution in [2.75, 3.05) is 12.0 Å². The molecular formula is C26H32N4OSSi. The van der Waals surface area contributed by atoms with Crippen molar-refractivity contribution in [3.63, 3.8) is 0 Å². The largest absolute Gasteiger partial charge is 0.406 e. The van der Waals surface area contributed by atoms with Gasteiger partial charge in [-0.2, -0.15) is 0 Å². The molecule has 0 bridgehead atoms. The van der Waals surface area contributed by atoms with Crippen molar-refractivity contribution in [2.24, 2.45) is 5.84 Å². The van der Waals surface area contributed by atoms with E-state index in [2.05, 4.69) is 117 Å².